The highest BCUT2D eigenvalue weighted by Gasteiger charge is 2.24. The lowest BCUT2D eigenvalue weighted by Gasteiger charge is -2.29. The first kappa shape index (κ1) is 14.5. The summed E-state index contributed by atoms with van der Waals surface area (Å²) in [6, 6.07) is 0.581. The van der Waals surface area contributed by atoms with Crippen LogP contribution in [0, 0.1) is 5.92 Å². The van der Waals surface area contributed by atoms with Gasteiger partial charge in [-0.2, -0.15) is 0 Å². The van der Waals surface area contributed by atoms with Gasteiger partial charge in [0.2, 0.25) is 5.91 Å². The van der Waals surface area contributed by atoms with Crippen LogP contribution in [0.25, 0.3) is 0 Å². The SMILES string of the molecule is CC(C)CN(CC(=O)NCCO)C1CCCC1. The number of nitrogens with one attached hydrogen (secondary N) is 1. The molecule has 0 atom stereocenters. The third kappa shape index (κ3) is 5.50. The quantitative estimate of drug-likeness (QED) is 0.700. The van der Waals surface area contributed by atoms with Gasteiger partial charge in [0.15, 0.2) is 0 Å². The number of amides is 1. The molecule has 1 rings (SSSR count). The van der Waals surface area contributed by atoms with Gasteiger partial charge in [-0.3, -0.25) is 9.69 Å². The molecule has 0 radical (unpaired) electrons. The summed E-state index contributed by atoms with van der Waals surface area (Å²) in [5, 5.41) is 11.4. The van der Waals surface area contributed by atoms with Crippen LogP contribution in [-0.4, -0.2) is 48.2 Å². The van der Waals surface area contributed by atoms with Crippen LogP contribution in [0.3, 0.4) is 0 Å². The molecule has 0 spiro atoms. The minimum Gasteiger partial charge on any atom is -0.395 e. The largest absolute Gasteiger partial charge is 0.395 e. The molecule has 0 aromatic carbocycles. The van der Waals surface area contributed by atoms with Crippen molar-refractivity contribution in [3.05, 3.63) is 0 Å². The van der Waals surface area contributed by atoms with Crippen molar-refractivity contribution < 1.29 is 9.90 Å². The molecule has 1 aliphatic rings. The number of rotatable bonds is 7. The Morgan fingerprint density at radius 2 is 2.06 bits per heavy atom. The number of aliphatic hydroxyl groups excluding tert-OH is 1. The van der Waals surface area contributed by atoms with Crippen LogP contribution in [0.4, 0.5) is 0 Å². The average Bonchev–Trinajstić information content (AvgIpc) is 2.78. The first-order valence-electron chi connectivity index (χ1n) is 6.75. The van der Waals surface area contributed by atoms with E-state index in [-0.39, 0.29) is 12.5 Å². The van der Waals surface area contributed by atoms with E-state index in [1.54, 1.807) is 0 Å². The van der Waals surface area contributed by atoms with Crippen molar-refractivity contribution in [2.24, 2.45) is 5.92 Å². The Hall–Kier alpha value is -0.610. The molecule has 1 aliphatic carbocycles. The van der Waals surface area contributed by atoms with E-state index in [9.17, 15) is 4.79 Å². The number of nitrogens with zero attached hydrogens (tertiary/aromatic N) is 1. The Labute approximate surface area is 104 Å². The van der Waals surface area contributed by atoms with E-state index in [0.29, 0.717) is 25.0 Å². The molecule has 0 saturated heterocycles. The van der Waals surface area contributed by atoms with Crippen LogP contribution >= 0.6 is 0 Å². The van der Waals surface area contributed by atoms with Gasteiger partial charge in [0.25, 0.3) is 0 Å². The average molecular weight is 242 g/mol. The monoisotopic (exact) mass is 242 g/mol. The van der Waals surface area contributed by atoms with Crippen LogP contribution in [0.2, 0.25) is 0 Å². The fourth-order valence-electron chi connectivity index (χ4n) is 2.52. The fourth-order valence-corrected chi connectivity index (χ4v) is 2.52. The predicted molar refractivity (Wildman–Crippen MR) is 68.8 cm³/mol. The van der Waals surface area contributed by atoms with Crippen molar-refractivity contribution >= 4 is 5.91 Å². The molecule has 2 N–H and O–H groups in total. The van der Waals surface area contributed by atoms with E-state index >= 15 is 0 Å². The summed E-state index contributed by atoms with van der Waals surface area (Å²) in [6.07, 6.45) is 5.02. The van der Waals surface area contributed by atoms with Crippen LogP contribution < -0.4 is 5.32 Å². The third-order valence-corrected chi connectivity index (χ3v) is 3.22. The first-order chi connectivity index (χ1) is 8.13. The lowest BCUT2D eigenvalue weighted by Crippen LogP contribution is -2.44. The van der Waals surface area contributed by atoms with E-state index in [2.05, 4.69) is 24.1 Å². The normalized spacial score (nSPS) is 17.0. The van der Waals surface area contributed by atoms with Gasteiger partial charge in [-0.1, -0.05) is 26.7 Å². The smallest absolute Gasteiger partial charge is 0.234 e. The minimum atomic E-state index is 0.0132. The third-order valence-electron chi connectivity index (χ3n) is 3.22. The molecule has 17 heavy (non-hydrogen) atoms. The van der Waals surface area contributed by atoms with Crippen molar-refractivity contribution in [1.29, 1.82) is 0 Å². The topological polar surface area (TPSA) is 52.6 Å². The first-order valence-corrected chi connectivity index (χ1v) is 6.75. The Balaban J connectivity index is 2.41. The van der Waals surface area contributed by atoms with Gasteiger partial charge in [0.05, 0.1) is 13.2 Å². The molecular weight excluding hydrogens is 216 g/mol. The van der Waals surface area contributed by atoms with Crippen molar-refractivity contribution in [2.75, 3.05) is 26.2 Å². The molecule has 1 amide bonds. The highest BCUT2D eigenvalue weighted by Crippen LogP contribution is 2.23. The van der Waals surface area contributed by atoms with Crippen molar-refractivity contribution in [3.63, 3.8) is 0 Å². The molecule has 0 heterocycles. The molecule has 4 nitrogen and oxygen atoms in total. The van der Waals surface area contributed by atoms with Gasteiger partial charge in [-0.05, 0) is 18.8 Å². The van der Waals surface area contributed by atoms with E-state index < -0.39 is 0 Å². The molecule has 0 aliphatic heterocycles. The Bertz CT molecular complexity index is 225. The number of carbonyl (C=O) groups excluding carboxylic acids is 1. The van der Waals surface area contributed by atoms with Crippen molar-refractivity contribution in [1.82, 2.24) is 10.2 Å². The molecule has 1 fully saturated rings. The molecule has 0 unspecified atom stereocenters. The van der Waals surface area contributed by atoms with Crippen LogP contribution in [0.15, 0.2) is 0 Å². The number of hydrogen-bond donors (Lipinski definition) is 2. The van der Waals surface area contributed by atoms with Gasteiger partial charge < -0.3 is 10.4 Å². The highest BCUT2D eigenvalue weighted by atomic mass is 16.3. The lowest BCUT2D eigenvalue weighted by atomic mass is 10.1. The Morgan fingerprint density at radius 1 is 1.41 bits per heavy atom. The molecule has 1 saturated carbocycles. The molecule has 0 aromatic heterocycles. The zero-order valence-electron chi connectivity index (χ0n) is 11.1. The Morgan fingerprint density at radius 3 is 2.59 bits per heavy atom. The maximum absolute atomic E-state index is 11.7. The summed E-state index contributed by atoms with van der Waals surface area (Å²) in [7, 11) is 0. The molecule has 100 valence electrons. The molecule has 4 heteroatoms. The van der Waals surface area contributed by atoms with Gasteiger partial charge in [0.1, 0.15) is 0 Å². The van der Waals surface area contributed by atoms with Crippen molar-refractivity contribution in [3.8, 4) is 0 Å². The summed E-state index contributed by atoms with van der Waals surface area (Å²) < 4.78 is 0. The predicted octanol–water partition coefficient (Wildman–Crippen LogP) is 0.995. The maximum atomic E-state index is 11.7. The van der Waals surface area contributed by atoms with E-state index in [4.69, 9.17) is 5.11 Å². The van der Waals surface area contributed by atoms with Crippen LogP contribution in [-0.2, 0) is 4.79 Å². The zero-order valence-corrected chi connectivity index (χ0v) is 11.1. The van der Waals surface area contributed by atoms with Gasteiger partial charge >= 0.3 is 0 Å². The van der Waals surface area contributed by atoms with E-state index in [1.165, 1.54) is 25.7 Å². The number of carbonyl (C=O) groups is 1. The summed E-state index contributed by atoms with van der Waals surface area (Å²) in [6.45, 7) is 6.21. The maximum Gasteiger partial charge on any atom is 0.234 e. The Kier molecular flexibility index (Phi) is 6.52. The summed E-state index contributed by atoms with van der Waals surface area (Å²) in [4.78, 5) is 14.0. The fraction of sp³-hybridized carbons (Fsp3) is 0.923. The van der Waals surface area contributed by atoms with Crippen LogP contribution in [0.1, 0.15) is 39.5 Å². The second-order valence-corrected chi connectivity index (χ2v) is 5.34. The minimum absolute atomic E-state index is 0.0132. The van der Waals surface area contributed by atoms with Gasteiger partial charge in [-0.15, -0.1) is 0 Å². The second kappa shape index (κ2) is 7.67. The van der Waals surface area contributed by atoms with Gasteiger partial charge in [0, 0.05) is 19.1 Å². The lowest BCUT2D eigenvalue weighted by molar-refractivity contribution is -0.123. The molecule has 0 bridgehead atoms. The molecule has 0 aromatic rings. The van der Waals surface area contributed by atoms with Crippen LogP contribution in [0.5, 0.6) is 0 Å². The van der Waals surface area contributed by atoms with Gasteiger partial charge in [-0.25, -0.2) is 0 Å². The number of hydrogen-bond acceptors (Lipinski definition) is 3. The summed E-state index contributed by atoms with van der Waals surface area (Å²) in [5.41, 5.74) is 0. The van der Waals surface area contributed by atoms with Crippen molar-refractivity contribution in [2.45, 2.75) is 45.6 Å². The standard InChI is InChI=1S/C13H26N2O2/c1-11(2)9-15(12-5-3-4-6-12)10-13(17)14-7-8-16/h11-12,16H,3-10H2,1-2H3,(H,14,17). The number of aliphatic hydroxyl groups is 1. The summed E-state index contributed by atoms with van der Waals surface area (Å²) >= 11 is 0. The van der Waals surface area contributed by atoms with E-state index in [0.717, 1.165) is 6.54 Å². The highest BCUT2D eigenvalue weighted by molar-refractivity contribution is 5.78. The second-order valence-electron chi connectivity index (χ2n) is 5.34. The van der Waals surface area contributed by atoms with E-state index in [1.807, 2.05) is 0 Å². The summed E-state index contributed by atoms with van der Waals surface area (Å²) in [5.74, 6) is 0.618. The zero-order chi connectivity index (χ0) is 12.7. The molecular formula is C13H26N2O2.